The van der Waals surface area contributed by atoms with Crippen molar-refractivity contribution in [3.63, 3.8) is 0 Å². The van der Waals surface area contributed by atoms with Crippen molar-refractivity contribution in [1.29, 1.82) is 0 Å². The second-order valence-corrected chi connectivity index (χ2v) is 7.37. The fraction of sp³-hybridized carbons (Fsp3) is 0.905. The molecule has 2 unspecified atom stereocenters. The van der Waals surface area contributed by atoms with E-state index < -0.39 is 0 Å². The van der Waals surface area contributed by atoms with E-state index in [0.29, 0.717) is 19.6 Å². The summed E-state index contributed by atoms with van der Waals surface area (Å²) in [7, 11) is 0. The minimum absolute atomic E-state index is 0.115. The highest BCUT2D eigenvalue weighted by atomic mass is 16.5. The van der Waals surface area contributed by atoms with Crippen LogP contribution in [0.1, 0.15) is 97.3 Å². The molecule has 146 valence electrons. The van der Waals surface area contributed by atoms with Gasteiger partial charge in [-0.25, -0.2) is 0 Å². The Hall–Kier alpha value is -1.06. The molecular weight excluding hydrogens is 316 g/mol. The first-order valence-electron chi connectivity index (χ1n) is 10.5. The van der Waals surface area contributed by atoms with E-state index >= 15 is 0 Å². The first-order chi connectivity index (χ1) is 12.2. The lowest BCUT2D eigenvalue weighted by atomic mass is 9.81. The SMILES string of the molecule is CCCCCCCCCCOC(=O)C1CCCC(C(=O)OCCC)C1. The largest absolute Gasteiger partial charge is 0.465 e. The first kappa shape index (κ1) is 22.0. The third kappa shape index (κ3) is 9.86. The van der Waals surface area contributed by atoms with Gasteiger partial charge in [-0.3, -0.25) is 9.59 Å². The minimum atomic E-state index is -0.137. The normalized spacial score (nSPS) is 20.2. The van der Waals surface area contributed by atoms with Crippen LogP contribution in [0.5, 0.6) is 0 Å². The molecule has 0 aromatic carbocycles. The quantitative estimate of drug-likeness (QED) is 0.327. The molecule has 1 saturated carbocycles. The predicted molar refractivity (Wildman–Crippen MR) is 100 cm³/mol. The summed E-state index contributed by atoms with van der Waals surface area (Å²) in [6.07, 6.45) is 13.9. The highest BCUT2D eigenvalue weighted by Gasteiger charge is 2.32. The molecule has 0 amide bonds. The summed E-state index contributed by atoms with van der Waals surface area (Å²) in [6, 6.07) is 0. The maximum Gasteiger partial charge on any atom is 0.308 e. The molecular formula is C21H38O4. The lowest BCUT2D eigenvalue weighted by Gasteiger charge is -2.26. The van der Waals surface area contributed by atoms with E-state index in [-0.39, 0.29) is 23.8 Å². The number of rotatable bonds is 13. The van der Waals surface area contributed by atoms with Crippen LogP contribution in [-0.2, 0) is 19.1 Å². The topological polar surface area (TPSA) is 52.6 Å². The molecule has 0 radical (unpaired) electrons. The number of carbonyl (C=O) groups excluding carboxylic acids is 2. The van der Waals surface area contributed by atoms with Crippen molar-refractivity contribution in [3.05, 3.63) is 0 Å². The molecule has 1 aliphatic carbocycles. The van der Waals surface area contributed by atoms with Gasteiger partial charge in [0.25, 0.3) is 0 Å². The van der Waals surface area contributed by atoms with Crippen molar-refractivity contribution in [2.75, 3.05) is 13.2 Å². The Kier molecular flexibility index (Phi) is 12.4. The van der Waals surface area contributed by atoms with E-state index in [4.69, 9.17) is 9.47 Å². The Bertz CT molecular complexity index is 367. The summed E-state index contributed by atoms with van der Waals surface area (Å²) in [4.78, 5) is 24.2. The van der Waals surface area contributed by atoms with Gasteiger partial charge in [-0.15, -0.1) is 0 Å². The Morgan fingerprint density at radius 3 is 1.80 bits per heavy atom. The summed E-state index contributed by atoms with van der Waals surface area (Å²) < 4.78 is 10.7. The average molecular weight is 355 g/mol. The van der Waals surface area contributed by atoms with E-state index in [0.717, 1.165) is 38.5 Å². The standard InChI is InChI=1S/C21H38O4/c1-3-5-6-7-8-9-10-11-16-25-21(23)19-14-12-13-18(17-19)20(22)24-15-4-2/h18-19H,3-17H2,1-2H3. The maximum absolute atomic E-state index is 12.2. The minimum Gasteiger partial charge on any atom is -0.465 e. The molecule has 0 bridgehead atoms. The number of hydrogen-bond donors (Lipinski definition) is 0. The van der Waals surface area contributed by atoms with E-state index in [9.17, 15) is 9.59 Å². The number of unbranched alkanes of at least 4 members (excludes halogenated alkanes) is 7. The van der Waals surface area contributed by atoms with Crippen molar-refractivity contribution in [1.82, 2.24) is 0 Å². The van der Waals surface area contributed by atoms with Crippen LogP contribution >= 0.6 is 0 Å². The smallest absolute Gasteiger partial charge is 0.308 e. The Labute approximate surface area is 154 Å². The Morgan fingerprint density at radius 2 is 1.24 bits per heavy atom. The van der Waals surface area contributed by atoms with Crippen LogP contribution in [0, 0.1) is 11.8 Å². The maximum atomic E-state index is 12.2. The lowest BCUT2D eigenvalue weighted by Crippen LogP contribution is -2.30. The molecule has 2 atom stereocenters. The molecule has 0 aromatic rings. The zero-order chi connectivity index (χ0) is 18.3. The second-order valence-electron chi connectivity index (χ2n) is 7.37. The summed E-state index contributed by atoms with van der Waals surface area (Å²) >= 11 is 0. The number of esters is 2. The highest BCUT2D eigenvalue weighted by Crippen LogP contribution is 2.30. The van der Waals surface area contributed by atoms with Gasteiger partial charge in [0.05, 0.1) is 25.0 Å². The second kappa shape index (κ2) is 14.1. The molecule has 0 N–H and O–H groups in total. The molecule has 0 spiro atoms. The van der Waals surface area contributed by atoms with E-state index in [1.165, 1.54) is 38.5 Å². The molecule has 25 heavy (non-hydrogen) atoms. The molecule has 1 aliphatic rings. The van der Waals surface area contributed by atoms with Gasteiger partial charge in [-0.05, 0) is 32.1 Å². The van der Waals surface area contributed by atoms with Crippen LogP contribution in [0.15, 0.2) is 0 Å². The van der Waals surface area contributed by atoms with Crippen molar-refractivity contribution in [3.8, 4) is 0 Å². The van der Waals surface area contributed by atoms with Crippen LogP contribution in [0.4, 0.5) is 0 Å². The van der Waals surface area contributed by atoms with Gasteiger partial charge in [0.1, 0.15) is 0 Å². The molecule has 4 nitrogen and oxygen atoms in total. The predicted octanol–water partition coefficient (Wildman–Crippen LogP) is 5.43. The van der Waals surface area contributed by atoms with E-state index in [2.05, 4.69) is 6.92 Å². The van der Waals surface area contributed by atoms with Gasteiger partial charge in [-0.2, -0.15) is 0 Å². The van der Waals surface area contributed by atoms with Crippen LogP contribution < -0.4 is 0 Å². The number of hydrogen-bond acceptors (Lipinski definition) is 4. The van der Waals surface area contributed by atoms with Gasteiger partial charge >= 0.3 is 11.9 Å². The fourth-order valence-corrected chi connectivity index (χ4v) is 3.47. The summed E-state index contributed by atoms with van der Waals surface area (Å²) in [5.74, 6) is -0.499. The zero-order valence-corrected chi connectivity index (χ0v) is 16.4. The van der Waals surface area contributed by atoms with Gasteiger partial charge < -0.3 is 9.47 Å². The van der Waals surface area contributed by atoms with Crippen LogP contribution in [-0.4, -0.2) is 25.2 Å². The third-order valence-corrected chi connectivity index (χ3v) is 5.03. The molecule has 0 saturated heterocycles. The van der Waals surface area contributed by atoms with E-state index in [1.807, 2.05) is 6.92 Å². The molecule has 0 aromatic heterocycles. The molecule has 0 aliphatic heterocycles. The third-order valence-electron chi connectivity index (χ3n) is 5.03. The molecule has 4 heteroatoms. The molecule has 1 rings (SSSR count). The Morgan fingerprint density at radius 1 is 0.720 bits per heavy atom. The van der Waals surface area contributed by atoms with Crippen LogP contribution in [0.25, 0.3) is 0 Å². The number of carbonyl (C=O) groups is 2. The van der Waals surface area contributed by atoms with Gasteiger partial charge in [0.2, 0.25) is 0 Å². The van der Waals surface area contributed by atoms with Gasteiger partial charge in [0.15, 0.2) is 0 Å². The highest BCUT2D eigenvalue weighted by molar-refractivity contribution is 5.76. The van der Waals surface area contributed by atoms with Crippen molar-refractivity contribution >= 4 is 11.9 Å². The Balaban J connectivity index is 2.10. The van der Waals surface area contributed by atoms with E-state index in [1.54, 1.807) is 0 Å². The van der Waals surface area contributed by atoms with Crippen LogP contribution in [0.2, 0.25) is 0 Å². The van der Waals surface area contributed by atoms with Crippen LogP contribution in [0.3, 0.4) is 0 Å². The van der Waals surface area contributed by atoms with Crippen molar-refractivity contribution in [2.24, 2.45) is 11.8 Å². The van der Waals surface area contributed by atoms with Gasteiger partial charge in [-0.1, -0.05) is 65.2 Å². The zero-order valence-electron chi connectivity index (χ0n) is 16.4. The lowest BCUT2D eigenvalue weighted by molar-refractivity contribution is -0.155. The van der Waals surface area contributed by atoms with Gasteiger partial charge in [0, 0.05) is 0 Å². The summed E-state index contributed by atoms with van der Waals surface area (Å²) in [6.45, 7) is 5.22. The van der Waals surface area contributed by atoms with Crippen molar-refractivity contribution in [2.45, 2.75) is 97.3 Å². The summed E-state index contributed by atoms with van der Waals surface area (Å²) in [5.41, 5.74) is 0. The first-order valence-corrected chi connectivity index (χ1v) is 10.5. The average Bonchev–Trinajstić information content (AvgIpc) is 2.64. The number of ether oxygens (including phenoxy) is 2. The fourth-order valence-electron chi connectivity index (χ4n) is 3.47. The molecule has 1 fully saturated rings. The monoisotopic (exact) mass is 354 g/mol. The molecule has 0 heterocycles. The summed E-state index contributed by atoms with van der Waals surface area (Å²) in [5, 5.41) is 0. The van der Waals surface area contributed by atoms with Crippen molar-refractivity contribution < 1.29 is 19.1 Å².